The normalized spacial score (nSPS) is 19.4. The van der Waals surface area contributed by atoms with E-state index in [0.29, 0.717) is 0 Å². The average molecular weight is 189 g/mol. The lowest BCUT2D eigenvalue weighted by Crippen LogP contribution is -2.11. The van der Waals surface area contributed by atoms with Crippen LogP contribution in [-0.2, 0) is 9.39 Å². The highest BCUT2D eigenvalue weighted by Gasteiger charge is 2.21. The van der Waals surface area contributed by atoms with Crippen LogP contribution in [-0.4, -0.2) is 19.7 Å². The fourth-order valence-corrected chi connectivity index (χ4v) is 1.38. The maximum Gasteiger partial charge on any atom is 0.334 e. The van der Waals surface area contributed by atoms with Gasteiger partial charge in [0.2, 0.25) is 0 Å². The zero-order valence-corrected chi connectivity index (χ0v) is 7.81. The van der Waals surface area contributed by atoms with Crippen LogP contribution in [0.3, 0.4) is 0 Å². The van der Waals surface area contributed by atoms with Gasteiger partial charge in [-0.25, -0.2) is 0 Å². The highest BCUT2D eigenvalue weighted by Crippen LogP contribution is 2.18. The van der Waals surface area contributed by atoms with Gasteiger partial charge in [0.05, 0.1) is 13.4 Å². The number of aliphatic hydroxyl groups excluding tert-OH is 1. The molecule has 0 bridgehead atoms. The molecule has 0 aliphatic carbocycles. The van der Waals surface area contributed by atoms with Crippen LogP contribution in [0.5, 0.6) is 0 Å². The molecule has 71 valence electrons. The van der Waals surface area contributed by atoms with Crippen molar-refractivity contribution in [2.24, 2.45) is 0 Å². The van der Waals surface area contributed by atoms with E-state index in [1.807, 2.05) is 24.3 Å². The van der Waals surface area contributed by atoms with E-state index in [1.165, 1.54) is 0 Å². The highest BCUT2D eigenvalue weighted by atomic mass is 16.6. The first kappa shape index (κ1) is 9.31. The number of ether oxygens (including phenoxy) is 1. The van der Waals surface area contributed by atoms with Gasteiger partial charge in [-0.2, -0.15) is 0 Å². The van der Waals surface area contributed by atoms with Gasteiger partial charge in [-0.3, -0.25) is 0 Å². The first-order valence-corrected chi connectivity index (χ1v) is 4.31. The van der Waals surface area contributed by atoms with Crippen molar-refractivity contribution >= 4 is 19.0 Å². The molecule has 1 radical (unpaired) electrons. The maximum absolute atomic E-state index is 9.35. The Kier molecular flexibility index (Phi) is 2.57. The number of fused-ring (bicyclic) bond motifs is 1. The summed E-state index contributed by atoms with van der Waals surface area (Å²) in [6, 6.07) is 5.68. The van der Waals surface area contributed by atoms with Gasteiger partial charge in [0.15, 0.2) is 6.29 Å². The standard InChI is InChI=1S/C10H10BO3/c1-13-5-4-7-2-3-8-9(6-7)11-14-10(8)12/h2-6,10,12H,1H3. The first-order chi connectivity index (χ1) is 6.81. The quantitative estimate of drug-likeness (QED) is 0.545. The fourth-order valence-electron chi connectivity index (χ4n) is 1.38. The van der Waals surface area contributed by atoms with E-state index in [1.54, 1.807) is 20.9 Å². The van der Waals surface area contributed by atoms with Crippen molar-refractivity contribution in [3.8, 4) is 0 Å². The molecular weight excluding hydrogens is 179 g/mol. The van der Waals surface area contributed by atoms with E-state index < -0.39 is 6.29 Å². The van der Waals surface area contributed by atoms with E-state index in [-0.39, 0.29) is 0 Å². The molecular formula is C10H10BO3. The van der Waals surface area contributed by atoms with Gasteiger partial charge in [-0.1, -0.05) is 18.2 Å². The SMILES string of the molecule is COC=Cc1ccc2c(c1)[B]OC2O. The van der Waals surface area contributed by atoms with E-state index >= 15 is 0 Å². The number of benzene rings is 1. The van der Waals surface area contributed by atoms with Crippen LogP contribution in [0.15, 0.2) is 24.5 Å². The Balaban J connectivity index is 2.28. The summed E-state index contributed by atoms with van der Waals surface area (Å²) in [6.07, 6.45) is 2.64. The Morgan fingerprint density at radius 2 is 2.43 bits per heavy atom. The zero-order chi connectivity index (χ0) is 9.97. The summed E-state index contributed by atoms with van der Waals surface area (Å²) in [5, 5.41) is 9.35. The monoisotopic (exact) mass is 189 g/mol. The molecule has 0 aromatic heterocycles. The Morgan fingerprint density at radius 3 is 3.21 bits per heavy atom. The van der Waals surface area contributed by atoms with Crippen molar-refractivity contribution in [2.75, 3.05) is 7.11 Å². The van der Waals surface area contributed by atoms with E-state index in [2.05, 4.69) is 0 Å². The molecule has 1 atom stereocenters. The predicted molar refractivity (Wildman–Crippen MR) is 53.9 cm³/mol. The Labute approximate surface area is 83.2 Å². The molecule has 1 aliphatic rings. The minimum Gasteiger partial charge on any atom is -0.504 e. The molecule has 1 aromatic rings. The second kappa shape index (κ2) is 3.86. The fraction of sp³-hybridized carbons (Fsp3) is 0.200. The first-order valence-electron chi connectivity index (χ1n) is 4.31. The number of hydrogen-bond acceptors (Lipinski definition) is 3. The topological polar surface area (TPSA) is 38.7 Å². The molecule has 0 amide bonds. The number of methoxy groups -OCH3 is 1. The lowest BCUT2D eigenvalue weighted by Gasteiger charge is -2.03. The number of rotatable bonds is 2. The Hall–Kier alpha value is -1.26. The summed E-state index contributed by atoms with van der Waals surface area (Å²) in [7, 11) is 3.16. The summed E-state index contributed by atoms with van der Waals surface area (Å²) in [5.41, 5.74) is 2.73. The van der Waals surface area contributed by atoms with Crippen molar-refractivity contribution < 1.29 is 14.5 Å². The van der Waals surface area contributed by atoms with Crippen LogP contribution in [0.4, 0.5) is 0 Å². The molecule has 2 rings (SSSR count). The predicted octanol–water partition coefficient (Wildman–Crippen LogP) is 0.569. The largest absolute Gasteiger partial charge is 0.504 e. The van der Waals surface area contributed by atoms with Crippen molar-refractivity contribution in [1.82, 2.24) is 0 Å². The molecule has 0 spiro atoms. The van der Waals surface area contributed by atoms with Gasteiger partial charge in [0.25, 0.3) is 0 Å². The van der Waals surface area contributed by atoms with E-state index in [4.69, 9.17) is 9.39 Å². The molecule has 1 aliphatic heterocycles. The Morgan fingerprint density at radius 1 is 1.57 bits per heavy atom. The van der Waals surface area contributed by atoms with Gasteiger partial charge in [-0.15, -0.1) is 0 Å². The molecule has 0 saturated heterocycles. The van der Waals surface area contributed by atoms with Crippen molar-refractivity contribution in [3.63, 3.8) is 0 Å². The summed E-state index contributed by atoms with van der Waals surface area (Å²) in [4.78, 5) is 0. The molecule has 3 nitrogen and oxygen atoms in total. The zero-order valence-electron chi connectivity index (χ0n) is 7.81. The van der Waals surface area contributed by atoms with Crippen LogP contribution in [0.2, 0.25) is 0 Å². The van der Waals surface area contributed by atoms with Crippen molar-refractivity contribution in [1.29, 1.82) is 0 Å². The van der Waals surface area contributed by atoms with Crippen LogP contribution in [0, 0.1) is 0 Å². The third-order valence-electron chi connectivity index (χ3n) is 2.10. The summed E-state index contributed by atoms with van der Waals surface area (Å²) in [5.74, 6) is 0. The van der Waals surface area contributed by atoms with Gasteiger partial charge < -0.3 is 14.5 Å². The third kappa shape index (κ3) is 1.67. The molecule has 14 heavy (non-hydrogen) atoms. The minimum atomic E-state index is -0.814. The number of hydrogen-bond donors (Lipinski definition) is 1. The molecule has 1 aromatic carbocycles. The van der Waals surface area contributed by atoms with Crippen LogP contribution < -0.4 is 5.46 Å². The second-order valence-electron chi connectivity index (χ2n) is 3.03. The van der Waals surface area contributed by atoms with Crippen molar-refractivity contribution in [3.05, 3.63) is 35.6 Å². The minimum absolute atomic E-state index is 0.805. The molecule has 1 N–H and O–H groups in total. The summed E-state index contributed by atoms with van der Waals surface area (Å²) < 4.78 is 9.77. The van der Waals surface area contributed by atoms with Crippen molar-refractivity contribution in [2.45, 2.75) is 6.29 Å². The van der Waals surface area contributed by atoms with Crippen LogP contribution in [0.25, 0.3) is 6.08 Å². The lowest BCUT2D eigenvalue weighted by molar-refractivity contribution is -0.00793. The van der Waals surface area contributed by atoms with Crippen LogP contribution in [0.1, 0.15) is 17.4 Å². The lowest BCUT2D eigenvalue weighted by atomic mass is 9.86. The molecule has 0 fully saturated rings. The summed E-state index contributed by atoms with van der Waals surface area (Å²) >= 11 is 0. The Bertz CT molecular complexity index is 362. The maximum atomic E-state index is 9.35. The molecule has 4 heteroatoms. The molecule has 0 saturated carbocycles. The second-order valence-corrected chi connectivity index (χ2v) is 3.03. The van der Waals surface area contributed by atoms with Gasteiger partial charge in [0, 0.05) is 5.56 Å². The van der Waals surface area contributed by atoms with Gasteiger partial charge in [0.1, 0.15) is 0 Å². The molecule has 1 unspecified atom stereocenters. The van der Waals surface area contributed by atoms with Gasteiger partial charge >= 0.3 is 7.48 Å². The highest BCUT2D eigenvalue weighted by molar-refractivity contribution is 6.49. The molecule has 1 heterocycles. The average Bonchev–Trinajstić information content (AvgIpc) is 2.57. The van der Waals surface area contributed by atoms with E-state index in [0.717, 1.165) is 16.6 Å². The number of aliphatic hydroxyl groups is 1. The van der Waals surface area contributed by atoms with Gasteiger partial charge in [-0.05, 0) is 17.1 Å². The smallest absolute Gasteiger partial charge is 0.334 e. The summed E-state index contributed by atoms with van der Waals surface area (Å²) in [6.45, 7) is 0. The van der Waals surface area contributed by atoms with Crippen LogP contribution >= 0.6 is 0 Å². The van der Waals surface area contributed by atoms with E-state index in [9.17, 15) is 5.11 Å². The third-order valence-corrected chi connectivity index (χ3v) is 2.10.